The molecule has 1 fully saturated rings. The standard InChI is InChI=1S/C24H25N3O5/c1-15-7-9-17-5-3-4-6-18(17)27(15)21(28)13-26-22(29)24(2,25-23(26)30)12-16-8-10-19-20(11-16)32-14-31-19/h3-6,8,10-11,15H,7,9,12-14H2,1-2H3,(H,25,30). The fourth-order valence-corrected chi connectivity index (χ4v) is 4.75. The summed E-state index contributed by atoms with van der Waals surface area (Å²) in [5, 5.41) is 2.78. The van der Waals surface area contributed by atoms with E-state index in [1.54, 1.807) is 17.9 Å². The molecule has 1 N–H and O–H groups in total. The van der Waals surface area contributed by atoms with E-state index in [2.05, 4.69) is 5.32 Å². The van der Waals surface area contributed by atoms with E-state index in [0.717, 1.165) is 34.6 Å². The van der Waals surface area contributed by atoms with Crippen molar-refractivity contribution in [3.63, 3.8) is 0 Å². The maximum absolute atomic E-state index is 13.2. The van der Waals surface area contributed by atoms with Crippen LogP contribution in [-0.2, 0) is 22.4 Å². The van der Waals surface area contributed by atoms with Gasteiger partial charge in [-0.2, -0.15) is 0 Å². The second-order valence-corrected chi connectivity index (χ2v) is 8.80. The van der Waals surface area contributed by atoms with Gasteiger partial charge < -0.3 is 19.7 Å². The van der Waals surface area contributed by atoms with Crippen LogP contribution in [0.3, 0.4) is 0 Å². The van der Waals surface area contributed by atoms with E-state index < -0.39 is 17.5 Å². The van der Waals surface area contributed by atoms with Crippen LogP contribution in [0.25, 0.3) is 0 Å². The van der Waals surface area contributed by atoms with Gasteiger partial charge >= 0.3 is 6.03 Å². The van der Waals surface area contributed by atoms with Crippen LogP contribution in [0, 0.1) is 0 Å². The van der Waals surface area contributed by atoms with Gasteiger partial charge in [-0.25, -0.2) is 4.79 Å². The molecule has 3 heterocycles. The van der Waals surface area contributed by atoms with Crippen LogP contribution in [0.5, 0.6) is 11.5 Å². The molecule has 8 nitrogen and oxygen atoms in total. The van der Waals surface area contributed by atoms with Crippen molar-refractivity contribution < 1.29 is 23.9 Å². The highest BCUT2D eigenvalue weighted by molar-refractivity contribution is 6.10. The zero-order valence-corrected chi connectivity index (χ0v) is 18.1. The van der Waals surface area contributed by atoms with E-state index in [-0.39, 0.29) is 31.7 Å². The predicted molar refractivity (Wildman–Crippen MR) is 117 cm³/mol. The molecule has 0 saturated carbocycles. The third kappa shape index (κ3) is 3.36. The Labute approximate surface area is 186 Å². The van der Waals surface area contributed by atoms with Gasteiger partial charge in [0.15, 0.2) is 11.5 Å². The third-order valence-corrected chi connectivity index (χ3v) is 6.43. The van der Waals surface area contributed by atoms with Crippen molar-refractivity contribution in [2.45, 2.75) is 44.7 Å². The molecule has 0 radical (unpaired) electrons. The Morgan fingerprint density at radius 3 is 2.78 bits per heavy atom. The number of hydrogen-bond donors (Lipinski definition) is 1. The second-order valence-electron chi connectivity index (χ2n) is 8.80. The Morgan fingerprint density at radius 2 is 1.94 bits per heavy atom. The fraction of sp³-hybridized carbons (Fsp3) is 0.375. The first-order valence-corrected chi connectivity index (χ1v) is 10.8. The molecule has 0 aliphatic carbocycles. The number of carbonyl (C=O) groups is 3. The molecule has 2 aromatic rings. The molecule has 2 atom stereocenters. The minimum absolute atomic E-state index is 0.00168. The van der Waals surface area contributed by atoms with Crippen molar-refractivity contribution in [3.8, 4) is 11.5 Å². The third-order valence-electron chi connectivity index (χ3n) is 6.43. The van der Waals surface area contributed by atoms with Gasteiger partial charge in [0.05, 0.1) is 0 Å². The van der Waals surface area contributed by atoms with Gasteiger partial charge in [0.2, 0.25) is 12.7 Å². The van der Waals surface area contributed by atoms with Crippen LogP contribution < -0.4 is 19.7 Å². The summed E-state index contributed by atoms with van der Waals surface area (Å²) in [6.07, 6.45) is 2.02. The maximum atomic E-state index is 13.2. The van der Waals surface area contributed by atoms with E-state index in [1.807, 2.05) is 43.3 Å². The van der Waals surface area contributed by atoms with Crippen molar-refractivity contribution in [2.24, 2.45) is 0 Å². The van der Waals surface area contributed by atoms with E-state index in [0.29, 0.717) is 11.5 Å². The van der Waals surface area contributed by atoms with Crippen LogP contribution in [0.4, 0.5) is 10.5 Å². The van der Waals surface area contributed by atoms with E-state index in [1.165, 1.54) is 0 Å². The van der Waals surface area contributed by atoms with Gasteiger partial charge in [0, 0.05) is 18.2 Å². The number of anilines is 1. The highest BCUT2D eigenvalue weighted by Gasteiger charge is 2.49. The molecule has 8 heteroatoms. The molecule has 3 aliphatic rings. The number of fused-ring (bicyclic) bond motifs is 2. The molecule has 4 amide bonds. The summed E-state index contributed by atoms with van der Waals surface area (Å²) in [7, 11) is 0. The number of carbonyl (C=O) groups excluding carboxylic acids is 3. The molecule has 166 valence electrons. The predicted octanol–water partition coefficient (Wildman–Crippen LogP) is 2.64. The smallest absolute Gasteiger partial charge is 0.325 e. The van der Waals surface area contributed by atoms with Crippen molar-refractivity contribution in [2.75, 3.05) is 18.2 Å². The molecule has 0 aromatic heterocycles. The van der Waals surface area contributed by atoms with Gasteiger partial charge in [-0.15, -0.1) is 0 Å². The van der Waals surface area contributed by atoms with Crippen LogP contribution in [-0.4, -0.2) is 47.7 Å². The van der Waals surface area contributed by atoms with Crippen LogP contribution in [0.1, 0.15) is 31.4 Å². The van der Waals surface area contributed by atoms with Crippen molar-refractivity contribution >= 4 is 23.5 Å². The first-order valence-electron chi connectivity index (χ1n) is 10.8. The number of imide groups is 1. The molecular weight excluding hydrogens is 410 g/mol. The summed E-state index contributed by atoms with van der Waals surface area (Å²) in [6, 6.07) is 12.7. The quantitative estimate of drug-likeness (QED) is 0.746. The molecule has 2 aromatic carbocycles. The molecule has 0 spiro atoms. The average Bonchev–Trinajstić information content (AvgIpc) is 3.31. The first-order chi connectivity index (χ1) is 15.4. The minimum Gasteiger partial charge on any atom is -0.454 e. The highest BCUT2D eigenvalue weighted by Crippen LogP contribution is 2.35. The number of para-hydroxylation sites is 1. The van der Waals surface area contributed by atoms with Crippen molar-refractivity contribution in [3.05, 3.63) is 53.6 Å². The van der Waals surface area contributed by atoms with Crippen LogP contribution in [0.15, 0.2) is 42.5 Å². The van der Waals surface area contributed by atoms with Gasteiger partial charge in [-0.05, 0) is 56.0 Å². The number of hydrogen-bond acceptors (Lipinski definition) is 5. The average molecular weight is 435 g/mol. The minimum atomic E-state index is -1.14. The number of benzene rings is 2. The molecule has 5 rings (SSSR count). The number of rotatable bonds is 4. The first kappa shape index (κ1) is 20.4. The lowest BCUT2D eigenvalue weighted by Crippen LogP contribution is -2.49. The number of ether oxygens (including phenoxy) is 2. The Bertz CT molecular complexity index is 1120. The van der Waals surface area contributed by atoms with E-state index in [4.69, 9.17) is 9.47 Å². The van der Waals surface area contributed by atoms with Crippen molar-refractivity contribution in [1.82, 2.24) is 10.2 Å². The SMILES string of the molecule is CC1CCc2ccccc2N1C(=O)CN1C(=O)NC(C)(Cc2ccc3c(c2)OCO3)C1=O. The number of nitrogens with one attached hydrogen (secondary N) is 1. The molecule has 0 bridgehead atoms. The van der Waals surface area contributed by atoms with Gasteiger partial charge in [0.1, 0.15) is 12.1 Å². The van der Waals surface area contributed by atoms with E-state index in [9.17, 15) is 14.4 Å². The molecular formula is C24H25N3O5. The number of amides is 4. The second kappa shape index (κ2) is 7.55. The Morgan fingerprint density at radius 1 is 1.16 bits per heavy atom. The van der Waals surface area contributed by atoms with Gasteiger partial charge in [0.25, 0.3) is 5.91 Å². The zero-order valence-electron chi connectivity index (χ0n) is 18.1. The van der Waals surface area contributed by atoms with Crippen LogP contribution >= 0.6 is 0 Å². The van der Waals surface area contributed by atoms with Gasteiger partial charge in [-0.1, -0.05) is 24.3 Å². The summed E-state index contributed by atoms with van der Waals surface area (Å²) in [5.41, 5.74) is 1.64. The number of aryl methyl sites for hydroxylation is 1. The normalized spacial score (nSPS) is 23.9. The lowest BCUT2D eigenvalue weighted by atomic mass is 9.92. The monoisotopic (exact) mass is 435 g/mol. The Balaban J connectivity index is 1.33. The fourth-order valence-electron chi connectivity index (χ4n) is 4.75. The topological polar surface area (TPSA) is 88.2 Å². The van der Waals surface area contributed by atoms with Crippen LogP contribution in [0.2, 0.25) is 0 Å². The number of nitrogens with zero attached hydrogens (tertiary/aromatic N) is 2. The Kier molecular flexibility index (Phi) is 4.80. The lowest BCUT2D eigenvalue weighted by Gasteiger charge is -2.36. The summed E-state index contributed by atoms with van der Waals surface area (Å²) in [5.74, 6) is 0.600. The molecule has 3 aliphatic heterocycles. The highest BCUT2D eigenvalue weighted by atomic mass is 16.7. The summed E-state index contributed by atoms with van der Waals surface area (Å²) < 4.78 is 10.7. The summed E-state index contributed by atoms with van der Waals surface area (Å²) in [6.45, 7) is 3.55. The molecule has 1 saturated heterocycles. The molecule has 32 heavy (non-hydrogen) atoms. The Hall–Kier alpha value is -3.55. The molecule has 2 unspecified atom stereocenters. The summed E-state index contributed by atoms with van der Waals surface area (Å²) in [4.78, 5) is 41.9. The number of urea groups is 1. The van der Waals surface area contributed by atoms with Crippen molar-refractivity contribution in [1.29, 1.82) is 0 Å². The largest absolute Gasteiger partial charge is 0.454 e. The van der Waals surface area contributed by atoms with E-state index >= 15 is 0 Å². The lowest BCUT2D eigenvalue weighted by molar-refractivity contribution is -0.134. The van der Waals surface area contributed by atoms with Gasteiger partial charge in [-0.3, -0.25) is 14.5 Å². The zero-order chi connectivity index (χ0) is 22.5. The maximum Gasteiger partial charge on any atom is 0.325 e. The summed E-state index contributed by atoms with van der Waals surface area (Å²) >= 11 is 0.